The Morgan fingerprint density at radius 3 is 2.00 bits per heavy atom. The van der Waals surface area contributed by atoms with Crippen molar-refractivity contribution in [3.8, 4) is 0 Å². The zero-order valence-corrected chi connectivity index (χ0v) is 14.1. The molecule has 0 saturated heterocycles. The van der Waals surface area contributed by atoms with Gasteiger partial charge in [0.05, 0.1) is 19.6 Å². The smallest absolute Gasteiger partial charge is 0.275 e. The number of rotatable bonds is 8. The molecule has 122 valence electrons. The Bertz CT molecular complexity index is 485. The van der Waals surface area contributed by atoms with Gasteiger partial charge in [0.25, 0.3) is 5.91 Å². The topological polar surface area (TPSA) is 58.2 Å². The first-order valence-corrected chi connectivity index (χ1v) is 7.93. The van der Waals surface area contributed by atoms with Crippen LogP contribution in [0, 0.1) is 0 Å². The summed E-state index contributed by atoms with van der Waals surface area (Å²) in [4.78, 5) is 23.1. The molecule has 1 aromatic rings. The number of hydrogen-bond acceptors (Lipinski definition) is 2. The van der Waals surface area contributed by atoms with Gasteiger partial charge >= 0.3 is 0 Å². The Kier molecular flexibility index (Phi) is 7.05. The molecule has 5 nitrogen and oxygen atoms in total. The summed E-state index contributed by atoms with van der Waals surface area (Å²) in [6, 6.07) is 7.50. The van der Waals surface area contributed by atoms with Gasteiger partial charge in [0.2, 0.25) is 5.91 Å². The number of quaternary nitrogens is 1. The zero-order valence-electron chi connectivity index (χ0n) is 14.1. The molecule has 0 aliphatic rings. The van der Waals surface area contributed by atoms with Crippen LogP contribution in [-0.4, -0.2) is 42.5 Å². The van der Waals surface area contributed by atoms with Crippen molar-refractivity contribution in [2.75, 3.05) is 31.5 Å². The largest absolute Gasteiger partial charge is 0.347 e. The van der Waals surface area contributed by atoms with E-state index < -0.39 is 0 Å². The standard InChI is InChI=1S/C17H27N3O2/c1-5-20(6-2,7-3)13-17(22)18-12-15-8-10-16(11-9-15)19-14(4)21/h8-11H,5-7,12-13H2,1-4H3,(H-,18,19,21,22)/p+1. The Balaban J connectivity index is 2.51. The second kappa shape index (κ2) is 8.54. The molecule has 22 heavy (non-hydrogen) atoms. The minimum Gasteiger partial charge on any atom is -0.347 e. The van der Waals surface area contributed by atoms with Gasteiger partial charge in [0, 0.05) is 19.2 Å². The summed E-state index contributed by atoms with van der Waals surface area (Å²) in [5, 5.41) is 5.70. The van der Waals surface area contributed by atoms with Crippen LogP contribution in [-0.2, 0) is 16.1 Å². The molecule has 2 amide bonds. The lowest BCUT2D eigenvalue weighted by molar-refractivity contribution is -0.915. The summed E-state index contributed by atoms with van der Waals surface area (Å²) in [5.41, 5.74) is 1.78. The molecule has 5 heteroatoms. The first-order chi connectivity index (χ1) is 10.4. The first-order valence-electron chi connectivity index (χ1n) is 7.93. The maximum atomic E-state index is 12.1. The lowest BCUT2D eigenvalue weighted by Crippen LogP contribution is -2.53. The fourth-order valence-electron chi connectivity index (χ4n) is 2.48. The fraction of sp³-hybridized carbons (Fsp3) is 0.529. The summed E-state index contributed by atoms with van der Waals surface area (Å²) >= 11 is 0. The van der Waals surface area contributed by atoms with Crippen molar-refractivity contribution in [1.82, 2.24) is 5.32 Å². The number of nitrogens with zero attached hydrogens (tertiary/aromatic N) is 1. The highest BCUT2D eigenvalue weighted by Crippen LogP contribution is 2.10. The van der Waals surface area contributed by atoms with Crippen molar-refractivity contribution in [3.05, 3.63) is 29.8 Å². The Morgan fingerprint density at radius 1 is 1.00 bits per heavy atom. The van der Waals surface area contributed by atoms with Crippen LogP contribution in [0.15, 0.2) is 24.3 Å². The molecule has 0 aliphatic heterocycles. The van der Waals surface area contributed by atoms with Crippen LogP contribution in [0.3, 0.4) is 0 Å². The third kappa shape index (κ3) is 5.48. The Morgan fingerprint density at radius 2 is 1.55 bits per heavy atom. The molecule has 0 unspecified atom stereocenters. The van der Waals surface area contributed by atoms with Crippen LogP contribution in [0.5, 0.6) is 0 Å². The maximum absolute atomic E-state index is 12.1. The molecule has 0 aromatic heterocycles. The van der Waals surface area contributed by atoms with Gasteiger partial charge in [-0.05, 0) is 38.5 Å². The van der Waals surface area contributed by atoms with Gasteiger partial charge < -0.3 is 15.1 Å². The Hall–Kier alpha value is -1.88. The van der Waals surface area contributed by atoms with E-state index in [2.05, 4.69) is 31.4 Å². The van der Waals surface area contributed by atoms with E-state index in [4.69, 9.17) is 0 Å². The van der Waals surface area contributed by atoms with Crippen LogP contribution in [0.1, 0.15) is 33.3 Å². The van der Waals surface area contributed by atoms with Gasteiger partial charge in [0.15, 0.2) is 6.54 Å². The SMILES string of the molecule is CC[N+](CC)(CC)CC(=O)NCc1ccc(NC(C)=O)cc1. The van der Waals surface area contributed by atoms with Crippen molar-refractivity contribution in [3.63, 3.8) is 0 Å². The number of hydrogen-bond donors (Lipinski definition) is 2. The molecule has 0 spiro atoms. The summed E-state index contributed by atoms with van der Waals surface area (Å²) in [5.74, 6) is -0.00894. The summed E-state index contributed by atoms with van der Waals surface area (Å²) < 4.78 is 0.813. The number of amides is 2. The molecule has 0 bridgehead atoms. The number of carbonyl (C=O) groups excluding carboxylic acids is 2. The van der Waals surface area contributed by atoms with Gasteiger partial charge in [-0.15, -0.1) is 0 Å². The molecule has 0 aliphatic carbocycles. The minimum atomic E-state index is -0.0890. The number of nitrogens with one attached hydrogen (secondary N) is 2. The molecule has 1 aromatic carbocycles. The second-order valence-electron chi connectivity index (χ2n) is 5.60. The highest BCUT2D eigenvalue weighted by molar-refractivity contribution is 5.88. The van der Waals surface area contributed by atoms with Gasteiger partial charge in [-0.3, -0.25) is 9.59 Å². The van der Waals surface area contributed by atoms with E-state index in [0.717, 1.165) is 35.4 Å². The number of anilines is 1. The molecule has 0 atom stereocenters. The van der Waals surface area contributed by atoms with Crippen molar-refractivity contribution in [1.29, 1.82) is 0 Å². The lowest BCUT2D eigenvalue weighted by Gasteiger charge is -2.34. The highest BCUT2D eigenvalue weighted by atomic mass is 16.2. The van der Waals surface area contributed by atoms with Crippen molar-refractivity contribution >= 4 is 17.5 Å². The van der Waals surface area contributed by atoms with Crippen LogP contribution >= 0.6 is 0 Å². The Labute approximate surface area is 133 Å². The number of carbonyl (C=O) groups is 2. The quantitative estimate of drug-likeness (QED) is 0.723. The average molecular weight is 306 g/mol. The van der Waals surface area contributed by atoms with E-state index >= 15 is 0 Å². The predicted octanol–water partition coefficient (Wildman–Crippen LogP) is 2.14. The lowest BCUT2D eigenvalue weighted by atomic mass is 10.2. The van der Waals surface area contributed by atoms with Crippen molar-refractivity contribution in [2.45, 2.75) is 34.2 Å². The van der Waals surface area contributed by atoms with Crippen molar-refractivity contribution < 1.29 is 14.1 Å². The van der Waals surface area contributed by atoms with E-state index in [1.54, 1.807) is 0 Å². The van der Waals surface area contributed by atoms with E-state index in [1.807, 2.05) is 24.3 Å². The van der Waals surface area contributed by atoms with E-state index in [0.29, 0.717) is 13.1 Å². The highest BCUT2D eigenvalue weighted by Gasteiger charge is 2.24. The first kappa shape index (κ1) is 18.2. The molecule has 0 heterocycles. The minimum absolute atomic E-state index is 0.0801. The third-order valence-corrected chi connectivity index (χ3v) is 4.26. The van der Waals surface area contributed by atoms with Crippen LogP contribution in [0.2, 0.25) is 0 Å². The van der Waals surface area contributed by atoms with Crippen LogP contribution in [0.4, 0.5) is 5.69 Å². The molecular weight excluding hydrogens is 278 g/mol. The number of likely N-dealkylation sites (N-methyl/N-ethyl adjacent to an activating group) is 1. The predicted molar refractivity (Wildman–Crippen MR) is 89.3 cm³/mol. The van der Waals surface area contributed by atoms with Gasteiger partial charge in [-0.2, -0.15) is 0 Å². The van der Waals surface area contributed by atoms with Gasteiger partial charge in [0.1, 0.15) is 0 Å². The summed E-state index contributed by atoms with van der Waals surface area (Å²) in [6.07, 6.45) is 0. The molecular formula is C17H28N3O2+. The average Bonchev–Trinajstić information content (AvgIpc) is 2.51. The van der Waals surface area contributed by atoms with Crippen LogP contribution < -0.4 is 10.6 Å². The van der Waals surface area contributed by atoms with E-state index in [-0.39, 0.29) is 11.8 Å². The molecule has 1 rings (SSSR count). The maximum Gasteiger partial charge on any atom is 0.275 e. The van der Waals surface area contributed by atoms with Gasteiger partial charge in [-0.25, -0.2) is 0 Å². The molecule has 0 radical (unpaired) electrons. The second-order valence-corrected chi connectivity index (χ2v) is 5.60. The van der Waals surface area contributed by atoms with Gasteiger partial charge in [-0.1, -0.05) is 12.1 Å². The number of benzene rings is 1. The van der Waals surface area contributed by atoms with E-state index in [9.17, 15) is 9.59 Å². The third-order valence-electron chi connectivity index (χ3n) is 4.26. The molecule has 2 N–H and O–H groups in total. The molecule has 0 saturated carbocycles. The van der Waals surface area contributed by atoms with Crippen molar-refractivity contribution in [2.24, 2.45) is 0 Å². The van der Waals surface area contributed by atoms with E-state index in [1.165, 1.54) is 6.92 Å². The summed E-state index contributed by atoms with van der Waals surface area (Å²) in [7, 11) is 0. The monoisotopic (exact) mass is 306 g/mol. The molecule has 0 fully saturated rings. The fourth-order valence-corrected chi connectivity index (χ4v) is 2.48. The summed E-state index contributed by atoms with van der Waals surface area (Å²) in [6.45, 7) is 11.8. The van der Waals surface area contributed by atoms with Crippen LogP contribution in [0.25, 0.3) is 0 Å². The zero-order chi connectivity index (χ0) is 16.6. The normalized spacial score (nSPS) is 11.1.